The standard InChI is InChI=1S/C21H22N2O2/c1-15-7-6-10-18-16(2)13-20(25)23(21(15)18)14-19(24)22-12-11-17-8-4-3-5-9-17/h3-10,13H,11-12,14H2,1-2H3,(H,22,24). The number of hydrogen-bond donors (Lipinski definition) is 1. The summed E-state index contributed by atoms with van der Waals surface area (Å²) in [6, 6.07) is 17.5. The zero-order valence-electron chi connectivity index (χ0n) is 14.6. The first kappa shape index (κ1) is 17.0. The number of rotatable bonds is 5. The van der Waals surface area contributed by atoms with E-state index in [1.807, 2.05) is 62.4 Å². The summed E-state index contributed by atoms with van der Waals surface area (Å²) in [7, 11) is 0. The molecule has 0 unspecified atom stereocenters. The lowest BCUT2D eigenvalue weighted by molar-refractivity contribution is -0.121. The molecule has 0 aliphatic heterocycles. The maximum Gasteiger partial charge on any atom is 0.251 e. The third kappa shape index (κ3) is 3.79. The van der Waals surface area contributed by atoms with Crippen LogP contribution in [0.5, 0.6) is 0 Å². The average Bonchev–Trinajstić information content (AvgIpc) is 2.60. The Morgan fingerprint density at radius 3 is 2.52 bits per heavy atom. The molecule has 0 spiro atoms. The van der Waals surface area contributed by atoms with E-state index in [1.165, 1.54) is 5.56 Å². The van der Waals surface area contributed by atoms with Gasteiger partial charge in [-0.25, -0.2) is 0 Å². The molecule has 0 atom stereocenters. The van der Waals surface area contributed by atoms with Crippen LogP contribution in [0.1, 0.15) is 16.7 Å². The largest absolute Gasteiger partial charge is 0.354 e. The molecule has 1 amide bonds. The Morgan fingerprint density at radius 1 is 1.00 bits per heavy atom. The number of fused-ring (bicyclic) bond motifs is 1. The molecular formula is C21H22N2O2. The van der Waals surface area contributed by atoms with E-state index in [2.05, 4.69) is 5.32 Å². The molecule has 1 heterocycles. The van der Waals surface area contributed by atoms with Gasteiger partial charge in [-0.05, 0) is 37.0 Å². The summed E-state index contributed by atoms with van der Waals surface area (Å²) in [6.07, 6.45) is 0.773. The number of nitrogens with one attached hydrogen (secondary N) is 1. The highest BCUT2D eigenvalue weighted by Gasteiger charge is 2.11. The second-order valence-electron chi connectivity index (χ2n) is 6.31. The molecule has 0 saturated heterocycles. The van der Waals surface area contributed by atoms with Gasteiger partial charge in [-0.3, -0.25) is 14.2 Å². The SMILES string of the molecule is Cc1cc(=O)n(CC(=O)NCCc2ccccc2)c2c(C)cccc12. The van der Waals surface area contributed by atoms with Crippen molar-refractivity contribution in [3.05, 3.63) is 81.6 Å². The van der Waals surface area contributed by atoms with Crippen molar-refractivity contribution >= 4 is 16.8 Å². The molecule has 1 aromatic heterocycles. The van der Waals surface area contributed by atoms with Crippen LogP contribution in [0.2, 0.25) is 0 Å². The summed E-state index contributed by atoms with van der Waals surface area (Å²) >= 11 is 0. The van der Waals surface area contributed by atoms with Crippen molar-refractivity contribution in [2.75, 3.05) is 6.54 Å². The van der Waals surface area contributed by atoms with Crippen LogP contribution in [0.25, 0.3) is 10.9 Å². The average molecular weight is 334 g/mol. The highest BCUT2D eigenvalue weighted by Crippen LogP contribution is 2.19. The lowest BCUT2D eigenvalue weighted by atomic mass is 10.1. The van der Waals surface area contributed by atoms with E-state index >= 15 is 0 Å². The fraction of sp³-hybridized carbons (Fsp3) is 0.238. The summed E-state index contributed by atoms with van der Waals surface area (Å²) < 4.78 is 1.56. The third-order valence-corrected chi connectivity index (χ3v) is 4.42. The lowest BCUT2D eigenvalue weighted by Gasteiger charge is -2.14. The van der Waals surface area contributed by atoms with Crippen LogP contribution >= 0.6 is 0 Å². The molecule has 3 rings (SSSR count). The molecule has 25 heavy (non-hydrogen) atoms. The van der Waals surface area contributed by atoms with Crippen LogP contribution in [0.15, 0.2) is 59.4 Å². The normalized spacial score (nSPS) is 10.8. The number of pyridine rings is 1. The van der Waals surface area contributed by atoms with Crippen molar-refractivity contribution in [3.8, 4) is 0 Å². The molecule has 0 bridgehead atoms. The van der Waals surface area contributed by atoms with Crippen molar-refractivity contribution < 1.29 is 4.79 Å². The molecule has 4 heteroatoms. The van der Waals surface area contributed by atoms with Gasteiger partial charge in [0.25, 0.3) is 5.56 Å². The van der Waals surface area contributed by atoms with Crippen molar-refractivity contribution in [2.45, 2.75) is 26.8 Å². The molecule has 2 aromatic carbocycles. The van der Waals surface area contributed by atoms with Crippen molar-refractivity contribution in [2.24, 2.45) is 0 Å². The Kier molecular flexibility index (Phi) is 4.98. The second-order valence-corrected chi connectivity index (χ2v) is 6.31. The number of benzene rings is 2. The van der Waals surface area contributed by atoms with Crippen LogP contribution in [-0.2, 0) is 17.8 Å². The number of carbonyl (C=O) groups excluding carboxylic acids is 1. The number of amides is 1. The zero-order chi connectivity index (χ0) is 17.8. The third-order valence-electron chi connectivity index (χ3n) is 4.42. The predicted octanol–water partition coefficient (Wildman–Crippen LogP) is 2.98. The van der Waals surface area contributed by atoms with E-state index in [9.17, 15) is 9.59 Å². The van der Waals surface area contributed by atoms with E-state index < -0.39 is 0 Å². The molecule has 0 fully saturated rings. The van der Waals surface area contributed by atoms with Gasteiger partial charge in [0.05, 0.1) is 5.52 Å². The van der Waals surface area contributed by atoms with E-state index in [1.54, 1.807) is 10.6 Å². The quantitative estimate of drug-likeness (QED) is 0.780. The summed E-state index contributed by atoms with van der Waals surface area (Å²) in [4.78, 5) is 24.7. The Hall–Kier alpha value is -2.88. The van der Waals surface area contributed by atoms with Crippen LogP contribution in [0.3, 0.4) is 0 Å². The fourth-order valence-electron chi connectivity index (χ4n) is 3.13. The monoisotopic (exact) mass is 334 g/mol. The first-order valence-corrected chi connectivity index (χ1v) is 8.46. The first-order valence-electron chi connectivity index (χ1n) is 8.46. The lowest BCUT2D eigenvalue weighted by Crippen LogP contribution is -2.33. The van der Waals surface area contributed by atoms with Gasteiger partial charge in [0.15, 0.2) is 0 Å². The highest BCUT2D eigenvalue weighted by molar-refractivity contribution is 5.86. The molecular weight excluding hydrogens is 312 g/mol. The minimum Gasteiger partial charge on any atom is -0.354 e. The summed E-state index contributed by atoms with van der Waals surface area (Å²) in [5.74, 6) is -0.147. The number of nitrogens with zero attached hydrogens (tertiary/aromatic N) is 1. The number of carbonyl (C=O) groups is 1. The molecule has 128 valence electrons. The molecule has 0 aliphatic rings. The maximum atomic E-state index is 12.4. The van der Waals surface area contributed by atoms with Crippen molar-refractivity contribution in [3.63, 3.8) is 0 Å². The fourth-order valence-corrected chi connectivity index (χ4v) is 3.13. The minimum atomic E-state index is -0.147. The Morgan fingerprint density at radius 2 is 1.76 bits per heavy atom. The van der Waals surface area contributed by atoms with Crippen molar-refractivity contribution in [1.29, 1.82) is 0 Å². The van der Waals surface area contributed by atoms with E-state index in [4.69, 9.17) is 0 Å². The van der Waals surface area contributed by atoms with Crippen LogP contribution in [-0.4, -0.2) is 17.0 Å². The molecule has 3 aromatic rings. The minimum absolute atomic E-state index is 0.0370. The smallest absolute Gasteiger partial charge is 0.251 e. The topological polar surface area (TPSA) is 51.1 Å². The predicted molar refractivity (Wildman–Crippen MR) is 101 cm³/mol. The van der Waals surface area contributed by atoms with Gasteiger partial charge < -0.3 is 5.32 Å². The van der Waals surface area contributed by atoms with Gasteiger partial charge in [0.2, 0.25) is 5.91 Å². The van der Waals surface area contributed by atoms with Gasteiger partial charge in [0, 0.05) is 18.0 Å². The van der Waals surface area contributed by atoms with Gasteiger partial charge in [-0.1, -0.05) is 48.5 Å². The van der Waals surface area contributed by atoms with E-state index in [0.29, 0.717) is 6.54 Å². The molecule has 0 radical (unpaired) electrons. The molecule has 1 N–H and O–H groups in total. The zero-order valence-corrected chi connectivity index (χ0v) is 14.6. The highest BCUT2D eigenvalue weighted by atomic mass is 16.2. The van der Waals surface area contributed by atoms with Crippen LogP contribution in [0, 0.1) is 13.8 Å². The van der Waals surface area contributed by atoms with Crippen molar-refractivity contribution in [1.82, 2.24) is 9.88 Å². The summed E-state index contributed by atoms with van der Waals surface area (Å²) in [6.45, 7) is 4.48. The summed E-state index contributed by atoms with van der Waals surface area (Å²) in [5.41, 5.74) is 3.81. The number of para-hydroxylation sites is 1. The van der Waals surface area contributed by atoms with Gasteiger partial charge in [0.1, 0.15) is 6.54 Å². The van der Waals surface area contributed by atoms with E-state index in [-0.39, 0.29) is 18.0 Å². The number of hydrogen-bond acceptors (Lipinski definition) is 2. The molecule has 4 nitrogen and oxygen atoms in total. The van der Waals surface area contributed by atoms with Crippen LogP contribution in [0.4, 0.5) is 0 Å². The Balaban J connectivity index is 1.76. The number of aromatic nitrogens is 1. The molecule has 0 saturated carbocycles. The second kappa shape index (κ2) is 7.34. The van der Waals surface area contributed by atoms with Gasteiger partial charge >= 0.3 is 0 Å². The summed E-state index contributed by atoms with van der Waals surface area (Å²) in [5, 5.41) is 3.92. The first-order chi connectivity index (χ1) is 12.1. The number of aryl methyl sites for hydroxylation is 2. The van der Waals surface area contributed by atoms with Crippen LogP contribution < -0.4 is 10.9 Å². The van der Waals surface area contributed by atoms with Gasteiger partial charge in [-0.15, -0.1) is 0 Å². The Bertz CT molecular complexity index is 959. The van der Waals surface area contributed by atoms with Gasteiger partial charge in [-0.2, -0.15) is 0 Å². The molecule has 0 aliphatic carbocycles. The maximum absolute atomic E-state index is 12.4. The Labute approximate surface area is 147 Å². The van der Waals surface area contributed by atoms with E-state index in [0.717, 1.165) is 28.5 Å².